The summed E-state index contributed by atoms with van der Waals surface area (Å²) >= 11 is 0. The summed E-state index contributed by atoms with van der Waals surface area (Å²) < 4.78 is 5.30. The number of nitrogens with one attached hydrogen (secondary N) is 1. The maximum atomic E-state index is 11.6. The predicted octanol–water partition coefficient (Wildman–Crippen LogP) is 1.21. The number of nitriles is 1. The Morgan fingerprint density at radius 1 is 1.47 bits per heavy atom. The number of carbonyl (C=O) groups excluding carboxylic acids is 1. The Morgan fingerprint density at radius 2 is 2.16 bits per heavy atom. The molecule has 1 atom stereocenters. The van der Waals surface area contributed by atoms with Crippen molar-refractivity contribution < 1.29 is 14.6 Å². The van der Waals surface area contributed by atoms with Crippen molar-refractivity contribution in [3.05, 3.63) is 29.8 Å². The number of hydrogen-bond donors (Lipinski definition) is 2. The third-order valence-electron chi connectivity index (χ3n) is 2.56. The van der Waals surface area contributed by atoms with E-state index in [-0.39, 0.29) is 25.2 Å². The molecule has 0 saturated carbocycles. The number of amides is 1. The Morgan fingerprint density at radius 3 is 2.74 bits per heavy atom. The largest absolute Gasteiger partial charge is 0.484 e. The number of carbonyl (C=O) groups is 1. The zero-order valence-electron chi connectivity index (χ0n) is 10.9. The summed E-state index contributed by atoms with van der Waals surface area (Å²) in [5.41, 5.74) is 0.550. The smallest absolute Gasteiger partial charge is 0.258 e. The fraction of sp³-hybridized carbons (Fsp3) is 0.429. The highest BCUT2D eigenvalue weighted by Gasteiger charge is 2.07. The minimum atomic E-state index is -0.199. The Bertz CT molecular complexity index is 437. The molecule has 0 fully saturated rings. The lowest BCUT2D eigenvalue weighted by Gasteiger charge is -2.13. The summed E-state index contributed by atoms with van der Waals surface area (Å²) in [6, 6.07) is 8.61. The summed E-state index contributed by atoms with van der Waals surface area (Å²) in [4.78, 5) is 11.6. The van der Waals surface area contributed by atoms with Crippen LogP contribution in [0.1, 0.15) is 25.3 Å². The van der Waals surface area contributed by atoms with Crippen molar-refractivity contribution in [3.8, 4) is 11.8 Å². The maximum absolute atomic E-state index is 11.6. The first-order chi connectivity index (χ1) is 9.15. The minimum absolute atomic E-state index is 0.0178. The van der Waals surface area contributed by atoms with Crippen LogP contribution >= 0.6 is 0 Å². The van der Waals surface area contributed by atoms with Crippen molar-refractivity contribution in [2.45, 2.75) is 25.8 Å². The van der Waals surface area contributed by atoms with Crippen molar-refractivity contribution in [2.24, 2.45) is 0 Å². The van der Waals surface area contributed by atoms with E-state index in [1.54, 1.807) is 24.3 Å². The van der Waals surface area contributed by atoms with E-state index in [9.17, 15) is 4.79 Å². The first-order valence-electron chi connectivity index (χ1n) is 6.19. The van der Waals surface area contributed by atoms with Gasteiger partial charge in [-0.05, 0) is 44.0 Å². The highest BCUT2D eigenvalue weighted by Crippen LogP contribution is 2.11. The number of rotatable bonds is 7. The molecule has 0 aromatic heterocycles. The SMILES string of the molecule is CC(CCCO)NC(=O)COc1ccc(C#N)cc1. The topological polar surface area (TPSA) is 82.3 Å². The second kappa shape index (κ2) is 8.11. The molecule has 0 saturated heterocycles. The molecule has 0 spiro atoms. The molecule has 1 aromatic rings. The summed E-state index contributed by atoms with van der Waals surface area (Å²) in [6.07, 6.45) is 1.40. The molecule has 1 aromatic carbocycles. The van der Waals surface area contributed by atoms with Gasteiger partial charge in [0.05, 0.1) is 11.6 Å². The molecule has 0 aliphatic carbocycles. The summed E-state index contributed by atoms with van der Waals surface area (Å²) in [5, 5.41) is 20.1. The standard InChI is InChI=1S/C14H18N2O3/c1-11(3-2-8-17)16-14(18)10-19-13-6-4-12(9-15)5-7-13/h4-7,11,17H,2-3,8,10H2,1H3,(H,16,18). The number of benzene rings is 1. The maximum Gasteiger partial charge on any atom is 0.258 e. The van der Waals surface area contributed by atoms with Gasteiger partial charge in [-0.3, -0.25) is 4.79 Å². The highest BCUT2D eigenvalue weighted by atomic mass is 16.5. The molecular weight excluding hydrogens is 244 g/mol. The second-order valence-electron chi connectivity index (χ2n) is 4.26. The van der Waals surface area contributed by atoms with Gasteiger partial charge in [0.25, 0.3) is 5.91 Å². The second-order valence-corrected chi connectivity index (χ2v) is 4.26. The highest BCUT2D eigenvalue weighted by molar-refractivity contribution is 5.77. The molecule has 1 amide bonds. The van der Waals surface area contributed by atoms with E-state index in [2.05, 4.69) is 5.32 Å². The van der Waals surface area contributed by atoms with E-state index in [0.29, 0.717) is 17.7 Å². The van der Waals surface area contributed by atoms with Crippen LogP contribution in [0, 0.1) is 11.3 Å². The van der Waals surface area contributed by atoms with Crippen molar-refractivity contribution in [2.75, 3.05) is 13.2 Å². The Balaban J connectivity index is 2.31. The fourth-order valence-corrected chi connectivity index (χ4v) is 1.56. The number of hydrogen-bond acceptors (Lipinski definition) is 4. The zero-order valence-corrected chi connectivity index (χ0v) is 10.9. The molecular formula is C14H18N2O3. The average Bonchev–Trinajstić information content (AvgIpc) is 2.43. The fourth-order valence-electron chi connectivity index (χ4n) is 1.56. The Labute approximate surface area is 112 Å². The van der Waals surface area contributed by atoms with Gasteiger partial charge in [-0.1, -0.05) is 0 Å². The third kappa shape index (κ3) is 5.89. The van der Waals surface area contributed by atoms with E-state index in [0.717, 1.165) is 6.42 Å². The van der Waals surface area contributed by atoms with Gasteiger partial charge in [0.2, 0.25) is 0 Å². The summed E-state index contributed by atoms with van der Waals surface area (Å²) in [7, 11) is 0. The van der Waals surface area contributed by atoms with Crippen molar-refractivity contribution in [1.82, 2.24) is 5.32 Å². The number of aliphatic hydroxyl groups is 1. The van der Waals surface area contributed by atoms with E-state index < -0.39 is 0 Å². The van der Waals surface area contributed by atoms with Gasteiger partial charge in [-0.2, -0.15) is 5.26 Å². The van der Waals surface area contributed by atoms with Gasteiger partial charge in [-0.15, -0.1) is 0 Å². The molecule has 102 valence electrons. The Kier molecular flexibility index (Phi) is 6.41. The Hall–Kier alpha value is -2.06. The van der Waals surface area contributed by atoms with Gasteiger partial charge >= 0.3 is 0 Å². The third-order valence-corrected chi connectivity index (χ3v) is 2.56. The van der Waals surface area contributed by atoms with E-state index in [1.807, 2.05) is 13.0 Å². The number of nitrogens with zero attached hydrogens (tertiary/aromatic N) is 1. The lowest BCUT2D eigenvalue weighted by molar-refractivity contribution is -0.123. The van der Waals surface area contributed by atoms with Crippen LogP contribution in [-0.2, 0) is 4.79 Å². The van der Waals surface area contributed by atoms with Crippen LogP contribution < -0.4 is 10.1 Å². The van der Waals surface area contributed by atoms with E-state index in [1.165, 1.54) is 0 Å². The van der Waals surface area contributed by atoms with Crippen LogP contribution in [0.5, 0.6) is 5.75 Å². The molecule has 0 aliphatic heterocycles. The molecule has 1 unspecified atom stereocenters. The van der Waals surface area contributed by atoms with Gasteiger partial charge in [0.15, 0.2) is 6.61 Å². The van der Waals surface area contributed by atoms with Crippen LogP contribution in [0.25, 0.3) is 0 Å². The molecule has 1 rings (SSSR count). The molecule has 0 heterocycles. The minimum Gasteiger partial charge on any atom is -0.484 e. The van der Waals surface area contributed by atoms with Crippen molar-refractivity contribution >= 4 is 5.91 Å². The lowest BCUT2D eigenvalue weighted by Crippen LogP contribution is -2.36. The van der Waals surface area contributed by atoms with Crippen LogP contribution in [0.15, 0.2) is 24.3 Å². The monoisotopic (exact) mass is 262 g/mol. The van der Waals surface area contributed by atoms with Crippen molar-refractivity contribution in [3.63, 3.8) is 0 Å². The lowest BCUT2D eigenvalue weighted by atomic mass is 10.2. The molecule has 2 N–H and O–H groups in total. The van der Waals surface area contributed by atoms with Crippen LogP contribution in [0.3, 0.4) is 0 Å². The molecule has 5 nitrogen and oxygen atoms in total. The quantitative estimate of drug-likeness (QED) is 0.774. The normalized spacial score (nSPS) is 11.4. The van der Waals surface area contributed by atoms with Gasteiger partial charge < -0.3 is 15.2 Å². The molecule has 0 radical (unpaired) electrons. The predicted molar refractivity (Wildman–Crippen MR) is 70.6 cm³/mol. The van der Waals surface area contributed by atoms with Gasteiger partial charge in [0, 0.05) is 12.6 Å². The molecule has 19 heavy (non-hydrogen) atoms. The van der Waals surface area contributed by atoms with E-state index in [4.69, 9.17) is 15.1 Å². The first-order valence-corrected chi connectivity index (χ1v) is 6.19. The van der Waals surface area contributed by atoms with E-state index >= 15 is 0 Å². The average molecular weight is 262 g/mol. The summed E-state index contributed by atoms with van der Waals surface area (Å²) in [5.74, 6) is 0.354. The van der Waals surface area contributed by atoms with Crippen molar-refractivity contribution in [1.29, 1.82) is 5.26 Å². The molecule has 5 heteroatoms. The van der Waals surface area contributed by atoms with Crippen LogP contribution in [-0.4, -0.2) is 30.3 Å². The molecule has 0 aliphatic rings. The van der Waals surface area contributed by atoms with Gasteiger partial charge in [0.1, 0.15) is 5.75 Å². The zero-order chi connectivity index (χ0) is 14.1. The summed E-state index contributed by atoms with van der Waals surface area (Å²) in [6.45, 7) is 1.95. The van der Waals surface area contributed by atoms with Gasteiger partial charge in [-0.25, -0.2) is 0 Å². The number of ether oxygens (including phenoxy) is 1. The molecule has 0 bridgehead atoms. The first kappa shape index (κ1) is 15.0. The van der Waals surface area contributed by atoms with Crippen LogP contribution in [0.4, 0.5) is 0 Å². The van der Waals surface area contributed by atoms with Crippen LogP contribution in [0.2, 0.25) is 0 Å². The number of aliphatic hydroxyl groups excluding tert-OH is 1.